The Labute approximate surface area is 87.6 Å². The molecule has 0 aromatic carbocycles. The second-order valence-electron chi connectivity index (χ2n) is 3.56. The van der Waals surface area contributed by atoms with Gasteiger partial charge in [0.25, 0.3) is 0 Å². The first-order chi connectivity index (χ1) is 6.20. The third-order valence-corrected chi connectivity index (χ3v) is 2.43. The largest absolute Gasteiger partial charge is 0.312 e. The molecule has 13 heavy (non-hydrogen) atoms. The molecule has 2 heteroatoms. The highest BCUT2D eigenvalue weighted by molar-refractivity contribution is 6.29. The average molecular weight is 204 g/mol. The molecule has 0 heterocycles. The Morgan fingerprint density at radius 2 is 2.15 bits per heavy atom. The van der Waals surface area contributed by atoms with E-state index >= 15 is 0 Å². The summed E-state index contributed by atoms with van der Waals surface area (Å²) in [4.78, 5) is 0. The van der Waals surface area contributed by atoms with E-state index in [0.717, 1.165) is 19.0 Å². The van der Waals surface area contributed by atoms with Crippen LogP contribution in [0.2, 0.25) is 0 Å². The molecule has 1 N–H and O–H groups in total. The van der Waals surface area contributed by atoms with Gasteiger partial charge in [-0.15, -0.1) is 0 Å². The van der Waals surface area contributed by atoms with Crippen LogP contribution in [0.25, 0.3) is 0 Å². The maximum absolute atomic E-state index is 5.65. The van der Waals surface area contributed by atoms with Crippen LogP contribution in [0.1, 0.15) is 39.5 Å². The highest BCUT2D eigenvalue weighted by Gasteiger charge is 2.04. The minimum absolute atomic E-state index is 0.699. The van der Waals surface area contributed by atoms with Crippen molar-refractivity contribution < 1.29 is 0 Å². The SMILES string of the molecule is C=C(Cl)CNCC(CC)CCCC. The molecule has 0 spiro atoms. The van der Waals surface area contributed by atoms with Crippen molar-refractivity contribution in [3.63, 3.8) is 0 Å². The fourth-order valence-electron chi connectivity index (χ4n) is 1.36. The Hall–Kier alpha value is -0.0100. The number of hydrogen-bond acceptors (Lipinski definition) is 1. The quantitative estimate of drug-likeness (QED) is 0.637. The van der Waals surface area contributed by atoms with Gasteiger partial charge < -0.3 is 5.32 Å². The van der Waals surface area contributed by atoms with Gasteiger partial charge in [-0.1, -0.05) is 51.3 Å². The maximum Gasteiger partial charge on any atom is 0.0307 e. The standard InChI is InChI=1S/C11H22ClN/c1-4-6-7-11(5-2)9-13-8-10(3)12/h11,13H,3-9H2,1-2H3. The zero-order valence-corrected chi connectivity index (χ0v) is 9.66. The fraction of sp³-hybridized carbons (Fsp3) is 0.818. The first-order valence-corrected chi connectivity index (χ1v) is 5.62. The van der Waals surface area contributed by atoms with Crippen molar-refractivity contribution >= 4 is 11.6 Å². The van der Waals surface area contributed by atoms with Gasteiger partial charge in [0.2, 0.25) is 0 Å². The molecular weight excluding hydrogens is 182 g/mol. The van der Waals surface area contributed by atoms with Crippen LogP contribution in [0.5, 0.6) is 0 Å². The minimum atomic E-state index is 0.699. The molecule has 0 bridgehead atoms. The Kier molecular flexibility index (Phi) is 8.58. The van der Waals surface area contributed by atoms with Gasteiger partial charge in [-0.3, -0.25) is 0 Å². The summed E-state index contributed by atoms with van der Waals surface area (Å²) in [5.74, 6) is 0.802. The molecule has 0 saturated carbocycles. The average Bonchev–Trinajstić information content (AvgIpc) is 2.10. The molecule has 0 aromatic rings. The first kappa shape index (κ1) is 13.0. The summed E-state index contributed by atoms with van der Waals surface area (Å²) >= 11 is 5.65. The summed E-state index contributed by atoms with van der Waals surface area (Å²) in [6.07, 6.45) is 5.21. The van der Waals surface area contributed by atoms with Gasteiger partial charge in [0.05, 0.1) is 0 Å². The molecule has 0 aliphatic rings. The monoisotopic (exact) mass is 203 g/mol. The van der Waals surface area contributed by atoms with E-state index in [1.807, 2.05) is 0 Å². The lowest BCUT2D eigenvalue weighted by molar-refractivity contribution is 0.427. The molecule has 0 aliphatic carbocycles. The van der Waals surface area contributed by atoms with Gasteiger partial charge in [0.1, 0.15) is 0 Å². The molecular formula is C11H22ClN. The summed E-state index contributed by atoms with van der Waals surface area (Å²) in [5.41, 5.74) is 0. The highest BCUT2D eigenvalue weighted by atomic mass is 35.5. The lowest BCUT2D eigenvalue weighted by Crippen LogP contribution is -2.23. The van der Waals surface area contributed by atoms with E-state index in [1.54, 1.807) is 0 Å². The fourth-order valence-corrected chi connectivity index (χ4v) is 1.45. The summed E-state index contributed by atoms with van der Waals surface area (Å²) in [6, 6.07) is 0. The topological polar surface area (TPSA) is 12.0 Å². The van der Waals surface area contributed by atoms with E-state index in [4.69, 9.17) is 11.6 Å². The minimum Gasteiger partial charge on any atom is -0.312 e. The van der Waals surface area contributed by atoms with E-state index in [1.165, 1.54) is 25.7 Å². The number of hydrogen-bond donors (Lipinski definition) is 1. The highest BCUT2D eigenvalue weighted by Crippen LogP contribution is 2.11. The van der Waals surface area contributed by atoms with Crippen LogP contribution in [0.4, 0.5) is 0 Å². The van der Waals surface area contributed by atoms with E-state index in [9.17, 15) is 0 Å². The van der Waals surface area contributed by atoms with Crippen LogP contribution in [0.3, 0.4) is 0 Å². The van der Waals surface area contributed by atoms with Gasteiger partial charge in [-0.2, -0.15) is 0 Å². The molecule has 1 nitrogen and oxygen atoms in total. The van der Waals surface area contributed by atoms with Crippen molar-refractivity contribution in [2.75, 3.05) is 13.1 Å². The van der Waals surface area contributed by atoms with Crippen LogP contribution in [-0.4, -0.2) is 13.1 Å². The van der Waals surface area contributed by atoms with Crippen molar-refractivity contribution in [2.45, 2.75) is 39.5 Å². The van der Waals surface area contributed by atoms with E-state index in [-0.39, 0.29) is 0 Å². The third-order valence-electron chi connectivity index (χ3n) is 2.29. The van der Waals surface area contributed by atoms with Gasteiger partial charge in [0, 0.05) is 11.6 Å². The smallest absolute Gasteiger partial charge is 0.0307 e. The molecule has 0 fully saturated rings. The van der Waals surface area contributed by atoms with E-state index in [0.29, 0.717) is 5.03 Å². The molecule has 1 atom stereocenters. The summed E-state index contributed by atoms with van der Waals surface area (Å²) < 4.78 is 0. The Morgan fingerprint density at radius 1 is 1.46 bits per heavy atom. The summed E-state index contributed by atoms with van der Waals surface area (Å²) in [7, 11) is 0. The number of unbranched alkanes of at least 4 members (excludes halogenated alkanes) is 1. The second-order valence-corrected chi connectivity index (χ2v) is 4.10. The molecule has 0 aliphatic heterocycles. The summed E-state index contributed by atoms with van der Waals surface area (Å²) in [5, 5.41) is 4.01. The molecule has 1 unspecified atom stereocenters. The predicted molar refractivity (Wildman–Crippen MR) is 61.2 cm³/mol. The molecule has 0 amide bonds. The van der Waals surface area contributed by atoms with Crippen molar-refractivity contribution in [3.8, 4) is 0 Å². The van der Waals surface area contributed by atoms with Crippen LogP contribution < -0.4 is 5.32 Å². The van der Waals surface area contributed by atoms with Gasteiger partial charge in [-0.25, -0.2) is 0 Å². The number of nitrogens with one attached hydrogen (secondary N) is 1. The van der Waals surface area contributed by atoms with Crippen molar-refractivity contribution in [1.82, 2.24) is 5.32 Å². The van der Waals surface area contributed by atoms with Crippen LogP contribution in [-0.2, 0) is 0 Å². The van der Waals surface area contributed by atoms with Crippen LogP contribution in [0, 0.1) is 5.92 Å². The number of halogens is 1. The Morgan fingerprint density at radius 3 is 2.62 bits per heavy atom. The molecule has 78 valence electrons. The van der Waals surface area contributed by atoms with Crippen molar-refractivity contribution in [1.29, 1.82) is 0 Å². The number of rotatable bonds is 8. The zero-order chi connectivity index (χ0) is 10.1. The second kappa shape index (κ2) is 8.58. The van der Waals surface area contributed by atoms with Gasteiger partial charge >= 0.3 is 0 Å². The van der Waals surface area contributed by atoms with Crippen LogP contribution >= 0.6 is 11.6 Å². The lowest BCUT2D eigenvalue weighted by atomic mass is 9.99. The van der Waals surface area contributed by atoms with Gasteiger partial charge in [-0.05, 0) is 18.9 Å². The molecule has 0 radical (unpaired) electrons. The first-order valence-electron chi connectivity index (χ1n) is 5.24. The van der Waals surface area contributed by atoms with Crippen LogP contribution in [0.15, 0.2) is 11.6 Å². The normalized spacial score (nSPS) is 12.8. The van der Waals surface area contributed by atoms with E-state index < -0.39 is 0 Å². The molecule has 0 aromatic heterocycles. The Balaban J connectivity index is 3.41. The molecule has 0 rings (SSSR count). The van der Waals surface area contributed by atoms with Crippen molar-refractivity contribution in [3.05, 3.63) is 11.6 Å². The lowest BCUT2D eigenvalue weighted by Gasteiger charge is -2.14. The molecule has 0 saturated heterocycles. The third kappa shape index (κ3) is 8.32. The maximum atomic E-state index is 5.65. The predicted octanol–water partition coefficient (Wildman–Crippen LogP) is 3.54. The summed E-state index contributed by atoms with van der Waals surface area (Å²) in [6.45, 7) is 9.94. The Bertz CT molecular complexity index is 134. The zero-order valence-electron chi connectivity index (χ0n) is 8.91. The van der Waals surface area contributed by atoms with Gasteiger partial charge in [0.15, 0.2) is 0 Å². The van der Waals surface area contributed by atoms with Crippen molar-refractivity contribution in [2.24, 2.45) is 5.92 Å². The van der Waals surface area contributed by atoms with E-state index in [2.05, 4.69) is 25.7 Å².